The van der Waals surface area contributed by atoms with Crippen molar-refractivity contribution in [1.29, 1.82) is 0 Å². The maximum absolute atomic E-state index is 14.8. The molecule has 7 atom stereocenters. The Morgan fingerprint density at radius 3 is 2.64 bits per heavy atom. The summed E-state index contributed by atoms with van der Waals surface area (Å²) in [6, 6.07) is 7.66. The number of pyridine rings is 1. The largest absolute Gasteiger partial charge is 0.390 e. The molecule has 4 rings (SSSR count). The van der Waals surface area contributed by atoms with Gasteiger partial charge in [-0.05, 0) is 77.8 Å². The normalized spacial score (nSPS) is 31.9. The molecule has 2 heterocycles. The standard InChI is InChI=1S/C27H35FINO2S/c1-3-4-17-5-6-19(23(28)13-17)14-18-10-12-30-15-22(18)20-7-8-21(20)27-26(32)25(31)16(2)24(33-27)9-11-29/h5-6,10,12-13,15-16,20-21,24-27,31-32H,3-4,7-9,11,14H2,1-2H3/t16-,20?,21?,24-,25+,26-,27-/m1/s1. The first kappa shape index (κ1) is 25.4. The first-order valence-corrected chi connectivity index (χ1v) is 14.7. The summed E-state index contributed by atoms with van der Waals surface area (Å²) in [7, 11) is 0. The van der Waals surface area contributed by atoms with Crippen molar-refractivity contribution in [3.63, 3.8) is 0 Å². The lowest BCUT2D eigenvalue weighted by molar-refractivity contribution is -0.0358. The summed E-state index contributed by atoms with van der Waals surface area (Å²) in [6.45, 7) is 4.17. The van der Waals surface area contributed by atoms with Crippen LogP contribution in [-0.2, 0) is 12.8 Å². The zero-order valence-electron chi connectivity index (χ0n) is 19.5. The maximum atomic E-state index is 14.8. The summed E-state index contributed by atoms with van der Waals surface area (Å²) >= 11 is 4.28. The van der Waals surface area contributed by atoms with Gasteiger partial charge in [-0.25, -0.2) is 4.39 Å². The lowest BCUT2D eigenvalue weighted by atomic mass is 9.66. The van der Waals surface area contributed by atoms with Gasteiger partial charge in [-0.15, -0.1) is 0 Å². The highest BCUT2D eigenvalue weighted by molar-refractivity contribution is 14.1. The number of thioether (sulfide) groups is 1. The molecule has 2 aliphatic rings. The van der Waals surface area contributed by atoms with Gasteiger partial charge in [-0.1, -0.05) is 55.0 Å². The van der Waals surface area contributed by atoms with Gasteiger partial charge in [0, 0.05) is 33.7 Å². The smallest absolute Gasteiger partial charge is 0.127 e. The van der Waals surface area contributed by atoms with Crippen molar-refractivity contribution in [2.24, 2.45) is 11.8 Å². The molecule has 3 nitrogen and oxygen atoms in total. The second-order valence-electron chi connectivity index (χ2n) is 9.73. The van der Waals surface area contributed by atoms with Crippen molar-refractivity contribution in [1.82, 2.24) is 4.98 Å². The van der Waals surface area contributed by atoms with Crippen LogP contribution in [0.4, 0.5) is 4.39 Å². The molecule has 0 radical (unpaired) electrons. The van der Waals surface area contributed by atoms with Gasteiger partial charge < -0.3 is 10.2 Å². The van der Waals surface area contributed by atoms with Crippen LogP contribution < -0.4 is 0 Å². The second kappa shape index (κ2) is 11.4. The van der Waals surface area contributed by atoms with Gasteiger partial charge in [0.25, 0.3) is 0 Å². The molecule has 6 heteroatoms. The average molecular weight is 584 g/mol. The van der Waals surface area contributed by atoms with Gasteiger partial charge in [-0.2, -0.15) is 11.8 Å². The van der Waals surface area contributed by atoms with Crippen LogP contribution in [-0.4, -0.2) is 42.3 Å². The van der Waals surface area contributed by atoms with Gasteiger partial charge in [0.15, 0.2) is 0 Å². The topological polar surface area (TPSA) is 53.4 Å². The van der Waals surface area contributed by atoms with Crippen LogP contribution in [0.3, 0.4) is 0 Å². The van der Waals surface area contributed by atoms with E-state index in [2.05, 4.69) is 41.4 Å². The van der Waals surface area contributed by atoms with Crippen molar-refractivity contribution < 1.29 is 14.6 Å². The monoisotopic (exact) mass is 583 g/mol. The van der Waals surface area contributed by atoms with Crippen LogP contribution in [0.15, 0.2) is 36.7 Å². The van der Waals surface area contributed by atoms with E-state index < -0.39 is 12.2 Å². The molecule has 2 unspecified atom stereocenters. The van der Waals surface area contributed by atoms with Crippen molar-refractivity contribution in [3.05, 3.63) is 64.7 Å². The van der Waals surface area contributed by atoms with E-state index in [1.54, 1.807) is 12.3 Å². The van der Waals surface area contributed by atoms with E-state index >= 15 is 0 Å². The van der Waals surface area contributed by atoms with Crippen molar-refractivity contribution in [3.8, 4) is 0 Å². The Bertz CT molecular complexity index is 944. The Kier molecular flexibility index (Phi) is 8.74. The molecule has 1 aliphatic carbocycles. The summed E-state index contributed by atoms with van der Waals surface area (Å²) in [6.07, 6.45) is 7.96. The predicted molar refractivity (Wildman–Crippen MR) is 143 cm³/mol. The van der Waals surface area contributed by atoms with E-state index in [0.29, 0.717) is 23.5 Å². The summed E-state index contributed by atoms with van der Waals surface area (Å²) < 4.78 is 15.9. The fraction of sp³-hybridized carbons (Fsp3) is 0.593. The number of rotatable bonds is 8. The quantitative estimate of drug-likeness (QED) is 0.299. The van der Waals surface area contributed by atoms with E-state index in [4.69, 9.17) is 0 Å². The zero-order chi connectivity index (χ0) is 23.5. The van der Waals surface area contributed by atoms with Gasteiger partial charge >= 0.3 is 0 Å². The number of halogens is 2. The third kappa shape index (κ3) is 5.44. The van der Waals surface area contributed by atoms with E-state index in [-0.39, 0.29) is 17.0 Å². The molecule has 1 aromatic heterocycles. The van der Waals surface area contributed by atoms with Crippen LogP contribution >= 0.6 is 34.4 Å². The first-order valence-electron chi connectivity index (χ1n) is 12.2. The third-order valence-corrected chi connectivity index (χ3v) is 10.2. The zero-order valence-corrected chi connectivity index (χ0v) is 22.4. The summed E-state index contributed by atoms with van der Waals surface area (Å²) in [4.78, 5) is 4.41. The van der Waals surface area contributed by atoms with Crippen molar-refractivity contribution in [2.45, 2.75) is 81.0 Å². The minimum atomic E-state index is -0.702. The summed E-state index contributed by atoms with van der Waals surface area (Å²) in [5, 5.41) is 22.1. The lowest BCUT2D eigenvalue weighted by Crippen LogP contribution is -2.53. The number of aryl methyl sites for hydroxylation is 1. The van der Waals surface area contributed by atoms with Gasteiger partial charge in [0.2, 0.25) is 0 Å². The number of benzene rings is 1. The SMILES string of the molecule is CCCc1ccc(Cc2ccncc2C2CCC2[C@H]2S[C@H](CCI)[C@@H](C)[C@H](O)[C@H]2O)c(F)c1. The molecule has 2 fully saturated rings. The molecule has 0 amide bonds. The van der Waals surface area contributed by atoms with Crippen molar-refractivity contribution in [2.75, 3.05) is 4.43 Å². The molecule has 33 heavy (non-hydrogen) atoms. The highest BCUT2D eigenvalue weighted by Crippen LogP contribution is 2.53. The molecule has 2 N–H and O–H groups in total. The van der Waals surface area contributed by atoms with Gasteiger partial charge in [0.1, 0.15) is 5.82 Å². The number of aromatic nitrogens is 1. The molecule has 1 saturated heterocycles. The number of aliphatic hydroxyl groups excluding tert-OH is 2. The summed E-state index contributed by atoms with van der Waals surface area (Å²) in [5.74, 6) is 0.570. The molecular weight excluding hydrogens is 548 g/mol. The van der Waals surface area contributed by atoms with E-state index in [1.165, 1.54) is 5.56 Å². The molecule has 1 saturated carbocycles. The Labute approximate surface area is 215 Å². The van der Waals surface area contributed by atoms with Gasteiger partial charge in [-0.3, -0.25) is 4.98 Å². The first-order chi connectivity index (χ1) is 15.9. The minimum Gasteiger partial charge on any atom is -0.390 e. The Balaban J connectivity index is 1.55. The highest BCUT2D eigenvalue weighted by atomic mass is 127. The number of hydrogen-bond donors (Lipinski definition) is 2. The second-order valence-corrected chi connectivity index (χ2v) is 12.2. The molecule has 0 bridgehead atoms. The Morgan fingerprint density at radius 2 is 1.97 bits per heavy atom. The molecule has 1 aliphatic heterocycles. The van der Waals surface area contributed by atoms with Crippen LogP contribution in [0, 0.1) is 17.7 Å². The number of hydrogen-bond acceptors (Lipinski definition) is 4. The Morgan fingerprint density at radius 1 is 1.15 bits per heavy atom. The van der Waals surface area contributed by atoms with Crippen LogP contribution in [0.25, 0.3) is 0 Å². The fourth-order valence-electron chi connectivity index (χ4n) is 5.54. The van der Waals surface area contributed by atoms with E-state index in [9.17, 15) is 14.6 Å². The molecule has 2 aromatic rings. The molecule has 0 spiro atoms. The van der Waals surface area contributed by atoms with E-state index in [0.717, 1.165) is 53.2 Å². The molecule has 1 aromatic carbocycles. The van der Waals surface area contributed by atoms with Gasteiger partial charge in [0.05, 0.1) is 12.2 Å². The highest BCUT2D eigenvalue weighted by Gasteiger charge is 2.49. The summed E-state index contributed by atoms with van der Waals surface area (Å²) in [5.41, 5.74) is 4.06. The predicted octanol–water partition coefficient (Wildman–Crippen LogP) is 5.92. The molecular formula is C27H35FINO2S. The fourth-order valence-corrected chi connectivity index (χ4v) is 8.55. The third-order valence-electron chi connectivity index (χ3n) is 7.67. The van der Waals surface area contributed by atoms with Crippen LogP contribution in [0.5, 0.6) is 0 Å². The number of nitrogens with zero attached hydrogens (tertiary/aromatic N) is 1. The lowest BCUT2D eigenvalue weighted by Gasteiger charge is -2.50. The number of aliphatic hydroxyl groups is 2. The minimum absolute atomic E-state index is 0.0287. The average Bonchev–Trinajstić information content (AvgIpc) is 2.78. The van der Waals surface area contributed by atoms with E-state index in [1.807, 2.05) is 36.2 Å². The van der Waals surface area contributed by atoms with Crippen molar-refractivity contribution >= 4 is 34.4 Å². The van der Waals surface area contributed by atoms with Crippen LogP contribution in [0.1, 0.15) is 67.7 Å². The number of alkyl halides is 1. The Hall–Kier alpha value is -0.700. The maximum Gasteiger partial charge on any atom is 0.127 e. The molecule has 180 valence electrons. The van der Waals surface area contributed by atoms with Crippen LogP contribution in [0.2, 0.25) is 0 Å².